The molecule has 4 nitrogen and oxygen atoms in total. The molecular weight excluding hydrogens is 252 g/mol. The lowest BCUT2D eigenvalue weighted by molar-refractivity contribution is 0.0899. The van der Waals surface area contributed by atoms with E-state index in [2.05, 4.69) is 5.32 Å². The molecule has 1 aliphatic rings. The second-order valence-corrected chi connectivity index (χ2v) is 5.35. The predicted octanol–water partition coefficient (Wildman–Crippen LogP) is 2.23. The summed E-state index contributed by atoms with van der Waals surface area (Å²) in [5.41, 5.74) is 0.988. The summed E-state index contributed by atoms with van der Waals surface area (Å²) in [6.45, 7) is 0.114. The Kier molecular flexibility index (Phi) is 5.14. The minimum absolute atomic E-state index is 0.0285. The Balaban J connectivity index is 2.07. The van der Waals surface area contributed by atoms with Gasteiger partial charge in [0.25, 0.3) is 5.91 Å². The molecule has 0 heterocycles. The first-order valence-electron chi connectivity index (χ1n) is 7.16. The molecule has 1 aromatic rings. The van der Waals surface area contributed by atoms with Crippen molar-refractivity contribution in [2.45, 2.75) is 38.1 Å². The number of carbonyl (C=O) groups excluding carboxylic acids is 1. The van der Waals surface area contributed by atoms with Gasteiger partial charge in [-0.05, 0) is 31.0 Å². The van der Waals surface area contributed by atoms with Crippen LogP contribution in [0.5, 0.6) is 0 Å². The van der Waals surface area contributed by atoms with Gasteiger partial charge in [-0.2, -0.15) is 5.26 Å². The molecule has 2 rings (SSSR count). The van der Waals surface area contributed by atoms with E-state index < -0.39 is 0 Å². The Bertz CT molecular complexity index is 507. The van der Waals surface area contributed by atoms with Crippen molar-refractivity contribution in [2.24, 2.45) is 5.92 Å². The van der Waals surface area contributed by atoms with E-state index in [-0.39, 0.29) is 24.5 Å². The first kappa shape index (κ1) is 14.5. The van der Waals surface area contributed by atoms with Crippen LogP contribution in [0.4, 0.5) is 0 Å². The summed E-state index contributed by atoms with van der Waals surface area (Å²) in [5, 5.41) is 21.3. The predicted molar refractivity (Wildman–Crippen MR) is 76.1 cm³/mol. The highest BCUT2D eigenvalue weighted by molar-refractivity contribution is 5.94. The van der Waals surface area contributed by atoms with E-state index in [1.54, 1.807) is 24.3 Å². The number of rotatable bonds is 3. The number of hydrogen-bond donors (Lipinski definition) is 2. The van der Waals surface area contributed by atoms with Crippen LogP contribution in [-0.4, -0.2) is 23.7 Å². The minimum atomic E-state index is -0.160. The molecule has 1 saturated carbocycles. The van der Waals surface area contributed by atoms with E-state index >= 15 is 0 Å². The van der Waals surface area contributed by atoms with Crippen LogP contribution in [-0.2, 0) is 0 Å². The van der Waals surface area contributed by atoms with Gasteiger partial charge in [0.2, 0.25) is 0 Å². The van der Waals surface area contributed by atoms with Crippen LogP contribution in [0, 0.1) is 17.2 Å². The second-order valence-electron chi connectivity index (χ2n) is 5.35. The van der Waals surface area contributed by atoms with Crippen LogP contribution in [0.1, 0.15) is 48.0 Å². The number of nitrogens with zero attached hydrogens (tertiary/aromatic N) is 1. The van der Waals surface area contributed by atoms with Crippen molar-refractivity contribution < 1.29 is 9.90 Å². The molecule has 1 fully saturated rings. The number of carbonyl (C=O) groups is 1. The highest BCUT2D eigenvalue weighted by atomic mass is 16.3. The molecule has 0 radical (unpaired) electrons. The summed E-state index contributed by atoms with van der Waals surface area (Å²) in [4.78, 5) is 12.3. The fourth-order valence-electron chi connectivity index (χ4n) is 2.77. The highest BCUT2D eigenvalue weighted by Gasteiger charge is 2.24. The van der Waals surface area contributed by atoms with Crippen LogP contribution >= 0.6 is 0 Å². The second kappa shape index (κ2) is 7.06. The van der Waals surface area contributed by atoms with Gasteiger partial charge in [-0.25, -0.2) is 0 Å². The lowest BCUT2D eigenvalue weighted by Crippen LogP contribution is -2.41. The molecular formula is C16H20N2O2. The SMILES string of the molecule is N#Cc1cccc(C(=O)NC2CCCCCC2CO)c1. The molecule has 0 aromatic heterocycles. The van der Waals surface area contributed by atoms with Crippen molar-refractivity contribution in [1.29, 1.82) is 5.26 Å². The van der Waals surface area contributed by atoms with E-state index in [0.29, 0.717) is 11.1 Å². The molecule has 2 unspecified atom stereocenters. The zero-order chi connectivity index (χ0) is 14.4. The van der Waals surface area contributed by atoms with Crippen LogP contribution in [0.3, 0.4) is 0 Å². The van der Waals surface area contributed by atoms with E-state index in [0.717, 1.165) is 32.1 Å². The fraction of sp³-hybridized carbons (Fsp3) is 0.500. The molecule has 0 bridgehead atoms. The van der Waals surface area contributed by atoms with Crippen LogP contribution in [0.2, 0.25) is 0 Å². The third-order valence-corrected chi connectivity index (χ3v) is 3.96. The third kappa shape index (κ3) is 3.58. The van der Waals surface area contributed by atoms with Crippen LogP contribution in [0.15, 0.2) is 24.3 Å². The molecule has 0 spiro atoms. The Hall–Kier alpha value is -1.86. The molecule has 1 aliphatic carbocycles. The van der Waals surface area contributed by atoms with Gasteiger partial charge in [-0.15, -0.1) is 0 Å². The summed E-state index contributed by atoms with van der Waals surface area (Å²) in [6, 6.07) is 8.76. The monoisotopic (exact) mass is 272 g/mol. The number of aliphatic hydroxyl groups is 1. The molecule has 4 heteroatoms. The molecule has 1 aromatic carbocycles. The summed E-state index contributed by atoms with van der Waals surface area (Å²) in [5.74, 6) is -0.0203. The zero-order valence-electron chi connectivity index (χ0n) is 11.5. The van der Waals surface area contributed by atoms with Crippen molar-refractivity contribution in [3.05, 3.63) is 35.4 Å². The van der Waals surface area contributed by atoms with E-state index in [4.69, 9.17) is 5.26 Å². The quantitative estimate of drug-likeness (QED) is 0.829. The summed E-state index contributed by atoms with van der Waals surface area (Å²) in [7, 11) is 0. The summed E-state index contributed by atoms with van der Waals surface area (Å²) in [6.07, 6.45) is 5.22. The van der Waals surface area contributed by atoms with Crippen molar-refractivity contribution >= 4 is 5.91 Å². The lowest BCUT2D eigenvalue weighted by atomic mass is 9.95. The van der Waals surface area contributed by atoms with Crippen LogP contribution < -0.4 is 5.32 Å². The fourth-order valence-corrected chi connectivity index (χ4v) is 2.77. The lowest BCUT2D eigenvalue weighted by Gasteiger charge is -2.24. The number of aliphatic hydroxyl groups excluding tert-OH is 1. The number of hydrogen-bond acceptors (Lipinski definition) is 3. The van der Waals surface area contributed by atoms with Crippen LogP contribution in [0.25, 0.3) is 0 Å². The molecule has 0 saturated heterocycles. The van der Waals surface area contributed by atoms with Gasteiger partial charge < -0.3 is 10.4 Å². The number of amides is 1. The van der Waals surface area contributed by atoms with E-state index in [1.165, 1.54) is 0 Å². The Labute approximate surface area is 119 Å². The van der Waals surface area contributed by atoms with Gasteiger partial charge in [0.1, 0.15) is 0 Å². The molecule has 2 atom stereocenters. The van der Waals surface area contributed by atoms with E-state index in [9.17, 15) is 9.90 Å². The maximum Gasteiger partial charge on any atom is 0.251 e. The van der Waals surface area contributed by atoms with Gasteiger partial charge in [0.05, 0.1) is 11.6 Å². The first-order valence-corrected chi connectivity index (χ1v) is 7.16. The largest absolute Gasteiger partial charge is 0.396 e. The third-order valence-electron chi connectivity index (χ3n) is 3.96. The summed E-state index contributed by atoms with van der Waals surface area (Å²) >= 11 is 0. The molecule has 2 N–H and O–H groups in total. The Morgan fingerprint density at radius 2 is 2.15 bits per heavy atom. The molecule has 106 valence electrons. The molecule has 0 aliphatic heterocycles. The average molecular weight is 272 g/mol. The topological polar surface area (TPSA) is 73.1 Å². The van der Waals surface area contributed by atoms with Crippen molar-refractivity contribution in [1.82, 2.24) is 5.32 Å². The Morgan fingerprint density at radius 3 is 2.90 bits per heavy atom. The molecule has 20 heavy (non-hydrogen) atoms. The zero-order valence-corrected chi connectivity index (χ0v) is 11.5. The van der Waals surface area contributed by atoms with Gasteiger partial charge >= 0.3 is 0 Å². The number of nitriles is 1. The Morgan fingerprint density at radius 1 is 1.35 bits per heavy atom. The number of nitrogens with one attached hydrogen (secondary N) is 1. The van der Waals surface area contributed by atoms with E-state index in [1.807, 2.05) is 6.07 Å². The van der Waals surface area contributed by atoms with Crippen molar-refractivity contribution in [2.75, 3.05) is 6.61 Å². The van der Waals surface area contributed by atoms with Crippen molar-refractivity contribution in [3.8, 4) is 6.07 Å². The standard InChI is InChI=1S/C16H20N2O2/c17-10-12-5-4-7-13(9-12)16(20)18-15-8-3-1-2-6-14(15)11-19/h4-5,7,9,14-15,19H,1-3,6,8,11H2,(H,18,20). The van der Waals surface area contributed by atoms with Gasteiger partial charge in [-0.3, -0.25) is 4.79 Å². The minimum Gasteiger partial charge on any atom is -0.396 e. The maximum absolute atomic E-state index is 12.3. The first-order chi connectivity index (χ1) is 9.74. The smallest absolute Gasteiger partial charge is 0.251 e. The summed E-state index contributed by atoms with van der Waals surface area (Å²) < 4.78 is 0. The normalized spacial score (nSPS) is 22.6. The van der Waals surface area contributed by atoms with Gasteiger partial charge in [0, 0.05) is 24.1 Å². The van der Waals surface area contributed by atoms with Gasteiger partial charge in [-0.1, -0.05) is 25.3 Å². The highest BCUT2D eigenvalue weighted by Crippen LogP contribution is 2.23. The van der Waals surface area contributed by atoms with Crippen molar-refractivity contribution in [3.63, 3.8) is 0 Å². The maximum atomic E-state index is 12.3. The number of benzene rings is 1. The molecule has 1 amide bonds. The average Bonchev–Trinajstić information content (AvgIpc) is 2.72. The van der Waals surface area contributed by atoms with Gasteiger partial charge in [0.15, 0.2) is 0 Å².